The number of carbonyl (C=O) groups excluding carboxylic acids is 2. The molecule has 0 bridgehead atoms. The van der Waals surface area contributed by atoms with E-state index < -0.39 is 23.4 Å². The Balaban J connectivity index is 1.49. The van der Waals surface area contributed by atoms with Gasteiger partial charge in [-0.1, -0.05) is 60.7 Å². The molecule has 0 fully saturated rings. The average Bonchev–Trinajstić information content (AvgIpc) is 3.25. The molecular formula is C25H20F2N4O2. The summed E-state index contributed by atoms with van der Waals surface area (Å²) < 4.78 is 28.0. The summed E-state index contributed by atoms with van der Waals surface area (Å²) in [5, 5.41) is 9.57. The van der Waals surface area contributed by atoms with Gasteiger partial charge in [-0.25, -0.2) is 8.78 Å². The smallest absolute Gasteiger partial charge is 0.255 e. The second-order valence-corrected chi connectivity index (χ2v) is 7.30. The molecule has 0 aliphatic rings. The molecule has 0 atom stereocenters. The highest BCUT2D eigenvalue weighted by Gasteiger charge is 2.19. The topological polar surface area (TPSA) is 76.0 Å². The molecule has 4 rings (SSSR count). The van der Waals surface area contributed by atoms with E-state index in [-0.39, 0.29) is 12.2 Å². The first kappa shape index (κ1) is 21.9. The third-order valence-electron chi connectivity index (χ3n) is 4.85. The van der Waals surface area contributed by atoms with Gasteiger partial charge in [-0.05, 0) is 17.7 Å². The number of aromatic nitrogens is 2. The van der Waals surface area contributed by atoms with Crippen LogP contribution in [-0.2, 0) is 11.3 Å². The zero-order chi connectivity index (χ0) is 23.2. The Hall–Kier alpha value is -4.33. The van der Waals surface area contributed by atoms with Crippen LogP contribution in [0.3, 0.4) is 0 Å². The number of hydrogen-bond donors (Lipinski definition) is 2. The van der Waals surface area contributed by atoms with E-state index >= 15 is 0 Å². The Kier molecular flexibility index (Phi) is 6.54. The van der Waals surface area contributed by atoms with Crippen molar-refractivity contribution in [2.24, 2.45) is 0 Å². The van der Waals surface area contributed by atoms with Gasteiger partial charge in [0.25, 0.3) is 5.91 Å². The van der Waals surface area contributed by atoms with Gasteiger partial charge in [0.1, 0.15) is 5.69 Å². The van der Waals surface area contributed by atoms with Crippen molar-refractivity contribution in [3.63, 3.8) is 0 Å². The Morgan fingerprint density at radius 1 is 0.879 bits per heavy atom. The monoisotopic (exact) mass is 446 g/mol. The Morgan fingerprint density at radius 3 is 2.27 bits per heavy atom. The van der Waals surface area contributed by atoms with Crippen molar-refractivity contribution in [3.05, 3.63) is 108 Å². The predicted octanol–water partition coefficient (Wildman–Crippen LogP) is 4.25. The number of nitrogens with zero attached hydrogens (tertiary/aromatic N) is 2. The van der Waals surface area contributed by atoms with Crippen LogP contribution < -0.4 is 10.6 Å². The van der Waals surface area contributed by atoms with Gasteiger partial charge in [0, 0.05) is 23.5 Å². The minimum atomic E-state index is -1.07. The van der Waals surface area contributed by atoms with Crippen LogP contribution in [0.2, 0.25) is 0 Å². The van der Waals surface area contributed by atoms with Gasteiger partial charge in [0.05, 0.1) is 18.7 Å². The molecule has 2 amide bonds. The van der Waals surface area contributed by atoms with E-state index in [0.29, 0.717) is 17.8 Å². The van der Waals surface area contributed by atoms with Crippen molar-refractivity contribution in [2.45, 2.75) is 6.54 Å². The first-order chi connectivity index (χ1) is 16.0. The van der Waals surface area contributed by atoms with Crippen molar-refractivity contribution in [2.75, 3.05) is 11.9 Å². The summed E-state index contributed by atoms with van der Waals surface area (Å²) in [5.41, 5.74) is 2.69. The van der Waals surface area contributed by atoms with Gasteiger partial charge in [-0.3, -0.25) is 14.3 Å². The maximum atomic E-state index is 13.3. The Bertz CT molecular complexity index is 1270. The molecule has 3 aromatic carbocycles. The van der Waals surface area contributed by atoms with Crippen LogP contribution in [0, 0.1) is 11.6 Å². The molecule has 0 spiro atoms. The maximum absolute atomic E-state index is 13.3. The fourth-order valence-corrected chi connectivity index (χ4v) is 3.28. The van der Waals surface area contributed by atoms with Crippen molar-refractivity contribution in [3.8, 4) is 11.3 Å². The van der Waals surface area contributed by atoms with Crippen LogP contribution in [0.5, 0.6) is 0 Å². The van der Waals surface area contributed by atoms with Gasteiger partial charge in [0.2, 0.25) is 5.91 Å². The summed E-state index contributed by atoms with van der Waals surface area (Å²) in [6.07, 6.45) is 1.64. The molecule has 6 nitrogen and oxygen atoms in total. The minimum absolute atomic E-state index is 0.0915. The zero-order valence-electron chi connectivity index (χ0n) is 17.5. The normalized spacial score (nSPS) is 10.6. The SMILES string of the molecule is O=C(CNC(=O)c1cn(Cc2ccccc2)nc1-c1ccccc1)Nc1ccc(F)c(F)c1. The average molecular weight is 446 g/mol. The summed E-state index contributed by atoms with van der Waals surface area (Å²) in [4.78, 5) is 25.1. The molecule has 0 saturated carbocycles. The largest absolute Gasteiger partial charge is 0.343 e. The van der Waals surface area contributed by atoms with Crippen molar-refractivity contribution in [1.29, 1.82) is 0 Å². The first-order valence-electron chi connectivity index (χ1n) is 10.2. The first-order valence-corrected chi connectivity index (χ1v) is 10.2. The maximum Gasteiger partial charge on any atom is 0.255 e. The lowest BCUT2D eigenvalue weighted by Crippen LogP contribution is -2.33. The third kappa shape index (κ3) is 5.48. The lowest BCUT2D eigenvalue weighted by molar-refractivity contribution is -0.115. The molecule has 4 aromatic rings. The molecule has 166 valence electrons. The molecule has 2 N–H and O–H groups in total. The van der Waals surface area contributed by atoms with Gasteiger partial charge in [-0.2, -0.15) is 5.10 Å². The number of benzene rings is 3. The Labute approximate surface area is 188 Å². The highest BCUT2D eigenvalue weighted by atomic mass is 19.2. The third-order valence-corrected chi connectivity index (χ3v) is 4.85. The van der Waals surface area contributed by atoms with Crippen molar-refractivity contribution in [1.82, 2.24) is 15.1 Å². The van der Waals surface area contributed by atoms with E-state index in [2.05, 4.69) is 15.7 Å². The molecule has 0 aliphatic carbocycles. The van der Waals surface area contributed by atoms with Gasteiger partial charge in [-0.15, -0.1) is 0 Å². The highest BCUT2D eigenvalue weighted by molar-refractivity contribution is 6.02. The fourth-order valence-electron chi connectivity index (χ4n) is 3.28. The number of halogens is 2. The van der Waals surface area contributed by atoms with E-state index in [1.807, 2.05) is 60.7 Å². The highest BCUT2D eigenvalue weighted by Crippen LogP contribution is 2.22. The van der Waals surface area contributed by atoms with Crippen molar-refractivity contribution >= 4 is 17.5 Å². The van der Waals surface area contributed by atoms with Crippen LogP contribution in [0.1, 0.15) is 15.9 Å². The van der Waals surface area contributed by atoms with Gasteiger partial charge < -0.3 is 10.6 Å². The van der Waals surface area contributed by atoms with Crippen LogP contribution in [0.25, 0.3) is 11.3 Å². The van der Waals surface area contributed by atoms with Crippen molar-refractivity contribution < 1.29 is 18.4 Å². The number of amides is 2. The van der Waals surface area contributed by atoms with Gasteiger partial charge in [0.15, 0.2) is 11.6 Å². The molecule has 0 aliphatic heterocycles. The summed E-state index contributed by atoms with van der Waals surface area (Å²) in [6, 6.07) is 22.0. The summed E-state index contributed by atoms with van der Waals surface area (Å²) in [7, 11) is 0. The molecule has 33 heavy (non-hydrogen) atoms. The number of anilines is 1. The van der Waals surface area contributed by atoms with E-state index in [4.69, 9.17) is 0 Å². The molecule has 1 aromatic heterocycles. The summed E-state index contributed by atoms with van der Waals surface area (Å²) >= 11 is 0. The molecule has 1 heterocycles. The molecule has 0 saturated heterocycles. The van der Waals surface area contributed by atoms with Gasteiger partial charge >= 0.3 is 0 Å². The minimum Gasteiger partial charge on any atom is -0.343 e. The Morgan fingerprint density at radius 2 is 1.58 bits per heavy atom. The van der Waals surface area contributed by atoms with Crippen LogP contribution >= 0.6 is 0 Å². The quantitative estimate of drug-likeness (QED) is 0.446. The number of nitrogens with one attached hydrogen (secondary N) is 2. The van der Waals surface area contributed by atoms with E-state index in [9.17, 15) is 18.4 Å². The lowest BCUT2D eigenvalue weighted by atomic mass is 10.1. The van der Waals surface area contributed by atoms with E-state index in [0.717, 1.165) is 23.3 Å². The predicted molar refractivity (Wildman–Crippen MR) is 121 cm³/mol. The van der Waals surface area contributed by atoms with Crippen LogP contribution in [0.4, 0.5) is 14.5 Å². The van der Waals surface area contributed by atoms with E-state index in [1.165, 1.54) is 6.07 Å². The number of hydrogen-bond acceptors (Lipinski definition) is 3. The number of rotatable bonds is 7. The molecule has 0 radical (unpaired) electrons. The second kappa shape index (κ2) is 9.86. The molecule has 8 heteroatoms. The molecular weight excluding hydrogens is 426 g/mol. The molecule has 0 unspecified atom stereocenters. The summed E-state index contributed by atoms with van der Waals surface area (Å²) in [6.45, 7) is 0.125. The van der Waals surface area contributed by atoms with Crippen LogP contribution in [0.15, 0.2) is 85.1 Å². The standard InChI is InChI=1S/C25H20F2N4O2/c26-21-12-11-19(13-22(21)27)29-23(32)14-28-25(33)20-16-31(15-17-7-3-1-4-8-17)30-24(20)18-9-5-2-6-10-18/h1-13,16H,14-15H2,(H,28,33)(H,29,32). The number of carbonyl (C=O) groups is 2. The van der Waals surface area contributed by atoms with E-state index in [1.54, 1.807) is 10.9 Å². The lowest BCUT2D eigenvalue weighted by Gasteiger charge is -2.07. The zero-order valence-corrected chi connectivity index (χ0v) is 17.5. The van der Waals surface area contributed by atoms with Crippen LogP contribution in [-0.4, -0.2) is 28.1 Å². The summed E-state index contributed by atoms with van der Waals surface area (Å²) in [5.74, 6) is -3.14. The fraction of sp³-hybridized carbons (Fsp3) is 0.0800. The second-order valence-electron chi connectivity index (χ2n) is 7.30.